The summed E-state index contributed by atoms with van der Waals surface area (Å²) in [6.45, 7) is 4.08. The molecule has 0 bridgehead atoms. The highest BCUT2D eigenvalue weighted by Crippen LogP contribution is 2.18. The molecule has 2 rings (SSSR count). The van der Waals surface area contributed by atoms with Crippen LogP contribution >= 0.6 is 0 Å². The van der Waals surface area contributed by atoms with E-state index in [1.807, 2.05) is 6.92 Å². The van der Waals surface area contributed by atoms with Crippen molar-refractivity contribution >= 4 is 0 Å². The van der Waals surface area contributed by atoms with E-state index in [0.29, 0.717) is 0 Å². The van der Waals surface area contributed by atoms with Crippen molar-refractivity contribution in [3.63, 3.8) is 0 Å². The summed E-state index contributed by atoms with van der Waals surface area (Å²) in [6.07, 6.45) is 7.34. The topological polar surface area (TPSA) is 61.4 Å². The van der Waals surface area contributed by atoms with Gasteiger partial charge in [-0.2, -0.15) is 20.1 Å². The van der Waals surface area contributed by atoms with Crippen LogP contribution in [0.1, 0.15) is 20.3 Å². The highest BCUT2D eigenvalue weighted by Gasteiger charge is 2.28. The van der Waals surface area contributed by atoms with Gasteiger partial charge in [0.1, 0.15) is 12.7 Å². The molecule has 74 valence electrons. The fourth-order valence-electron chi connectivity index (χ4n) is 1.32. The molecule has 2 aromatic heterocycles. The molecule has 1 unspecified atom stereocenters. The molecule has 2 heterocycles. The standard InChI is InChI=1S/C8H12N6/c1-3-8(2,13-7-9-6-12-13)14-10-4-5-11-14/h4-7H,3H2,1-2H3. The van der Waals surface area contributed by atoms with E-state index in [1.54, 1.807) is 28.2 Å². The Balaban J connectivity index is 2.45. The minimum Gasteiger partial charge on any atom is -0.224 e. The molecule has 0 aliphatic heterocycles. The first-order valence-electron chi connectivity index (χ1n) is 4.49. The molecule has 2 aromatic rings. The SMILES string of the molecule is CCC(C)(n1cncn1)n1nccn1. The Labute approximate surface area is 81.6 Å². The minimum absolute atomic E-state index is 0.375. The first-order valence-corrected chi connectivity index (χ1v) is 4.49. The zero-order valence-electron chi connectivity index (χ0n) is 8.20. The normalized spacial score (nSPS) is 15.3. The Morgan fingerprint density at radius 2 is 1.93 bits per heavy atom. The maximum atomic E-state index is 4.13. The average molecular weight is 192 g/mol. The summed E-state index contributed by atoms with van der Waals surface area (Å²) >= 11 is 0. The van der Waals surface area contributed by atoms with Gasteiger partial charge in [-0.05, 0) is 13.3 Å². The van der Waals surface area contributed by atoms with Crippen molar-refractivity contribution in [1.82, 2.24) is 29.8 Å². The predicted molar refractivity (Wildman–Crippen MR) is 49.4 cm³/mol. The summed E-state index contributed by atoms with van der Waals surface area (Å²) in [6, 6.07) is 0. The molecule has 0 spiro atoms. The van der Waals surface area contributed by atoms with Crippen LogP contribution in [0.5, 0.6) is 0 Å². The molecule has 0 saturated carbocycles. The van der Waals surface area contributed by atoms with Gasteiger partial charge in [0, 0.05) is 0 Å². The van der Waals surface area contributed by atoms with Crippen LogP contribution in [0, 0.1) is 0 Å². The predicted octanol–water partition coefficient (Wildman–Crippen LogP) is 0.501. The third-order valence-electron chi connectivity index (χ3n) is 2.43. The molecule has 0 radical (unpaired) electrons. The molecule has 0 fully saturated rings. The Kier molecular flexibility index (Phi) is 2.03. The highest BCUT2D eigenvalue weighted by atomic mass is 15.6. The van der Waals surface area contributed by atoms with Gasteiger partial charge in [-0.3, -0.25) is 0 Å². The van der Waals surface area contributed by atoms with Gasteiger partial charge in [0.2, 0.25) is 0 Å². The van der Waals surface area contributed by atoms with Gasteiger partial charge in [0.25, 0.3) is 0 Å². The van der Waals surface area contributed by atoms with E-state index >= 15 is 0 Å². The van der Waals surface area contributed by atoms with Crippen molar-refractivity contribution in [2.24, 2.45) is 0 Å². The minimum atomic E-state index is -0.375. The molecule has 6 heteroatoms. The molecule has 0 saturated heterocycles. The number of aromatic nitrogens is 6. The third-order valence-corrected chi connectivity index (χ3v) is 2.43. The van der Waals surface area contributed by atoms with Crippen molar-refractivity contribution in [3.05, 3.63) is 25.0 Å². The molecule has 0 aromatic carbocycles. The van der Waals surface area contributed by atoms with E-state index in [1.165, 1.54) is 6.33 Å². The molecule has 0 aliphatic rings. The fourth-order valence-corrected chi connectivity index (χ4v) is 1.32. The average Bonchev–Trinajstić information content (AvgIpc) is 2.88. The number of hydrogen-bond donors (Lipinski definition) is 0. The summed E-state index contributed by atoms with van der Waals surface area (Å²) in [4.78, 5) is 5.57. The van der Waals surface area contributed by atoms with Gasteiger partial charge in [0.15, 0.2) is 5.66 Å². The second-order valence-electron chi connectivity index (χ2n) is 3.23. The van der Waals surface area contributed by atoms with Gasteiger partial charge >= 0.3 is 0 Å². The molecule has 0 N–H and O–H groups in total. The largest absolute Gasteiger partial charge is 0.224 e. The maximum absolute atomic E-state index is 4.13. The van der Waals surface area contributed by atoms with Crippen molar-refractivity contribution < 1.29 is 0 Å². The van der Waals surface area contributed by atoms with E-state index in [-0.39, 0.29) is 5.66 Å². The van der Waals surface area contributed by atoms with Gasteiger partial charge in [0.05, 0.1) is 12.4 Å². The number of nitrogens with zero attached hydrogens (tertiary/aromatic N) is 6. The van der Waals surface area contributed by atoms with Crippen LogP contribution in [0.15, 0.2) is 25.0 Å². The highest BCUT2D eigenvalue weighted by molar-refractivity contribution is 4.80. The second kappa shape index (κ2) is 3.21. The van der Waals surface area contributed by atoms with Crippen LogP contribution in [-0.2, 0) is 5.66 Å². The molecule has 0 amide bonds. The van der Waals surface area contributed by atoms with E-state index in [2.05, 4.69) is 27.2 Å². The molecule has 0 aliphatic carbocycles. The lowest BCUT2D eigenvalue weighted by atomic mass is 10.1. The second-order valence-corrected chi connectivity index (χ2v) is 3.23. The Morgan fingerprint density at radius 3 is 2.43 bits per heavy atom. The van der Waals surface area contributed by atoms with E-state index in [9.17, 15) is 0 Å². The summed E-state index contributed by atoms with van der Waals surface area (Å²) in [5, 5.41) is 12.4. The summed E-state index contributed by atoms with van der Waals surface area (Å²) in [5.74, 6) is 0. The van der Waals surface area contributed by atoms with Gasteiger partial charge in [-0.15, -0.1) is 0 Å². The van der Waals surface area contributed by atoms with Crippen LogP contribution in [0.2, 0.25) is 0 Å². The third kappa shape index (κ3) is 1.19. The number of rotatable bonds is 3. The maximum Gasteiger partial charge on any atom is 0.171 e. The van der Waals surface area contributed by atoms with Crippen LogP contribution in [0.4, 0.5) is 0 Å². The molecular weight excluding hydrogens is 180 g/mol. The fraction of sp³-hybridized carbons (Fsp3) is 0.500. The van der Waals surface area contributed by atoms with Gasteiger partial charge < -0.3 is 0 Å². The van der Waals surface area contributed by atoms with E-state index in [0.717, 1.165) is 6.42 Å². The Bertz CT molecular complexity index is 342. The van der Waals surface area contributed by atoms with Gasteiger partial charge in [-0.1, -0.05) is 6.92 Å². The van der Waals surface area contributed by atoms with Crippen molar-refractivity contribution in [1.29, 1.82) is 0 Å². The van der Waals surface area contributed by atoms with E-state index < -0.39 is 0 Å². The monoisotopic (exact) mass is 192 g/mol. The number of hydrogen-bond acceptors (Lipinski definition) is 4. The van der Waals surface area contributed by atoms with E-state index in [4.69, 9.17) is 0 Å². The van der Waals surface area contributed by atoms with Crippen LogP contribution < -0.4 is 0 Å². The van der Waals surface area contributed by atoms with Crippen molar-refractivity contribution in [3.8, 4) is 0 Å². The lowest BCUT2D eigenvalue weighted by Gasteiger charge is -2.26. The van der Waals surface area contributed by atoms with Crippen LogP contribution in [0.3, 0.4) is 0 Å². The smallest absolute Gasteiger partial charge is 0.171 e. The zero-order valence-corrected chi connectivity index (χ0v) is 8.20. The Morgan fingerprint density at radius 1 is 1.21 bits per heavy atom. The van der Waals surface area contributed by atoms with Crippen molar-refractivity contribution in [2.75, 3.05) is 0 Å². The summed E-state index contributed by atoms with van der Waals surface area (Å²) < 4.78 is 1.76. The molecule has 14 heavy (non-hydrogen) atoms. The summed E-state index contributed by atoms with van der Waals surface area (Å²) in [7, 11) is 0. The Hall–Kier alpha value is -1.72. The molecular formula is C8H12N6. The lowest BCUT2D eigenvalue weighted by molar-refractivity contribution is 0.172. The van der Waals surface area contributed by atoms with Crippen LogP contribution in [0.25, 0.3) is 0 Å². The van der Waals surface area contributed by atoms with Crippen molar-refractivity contribution in [2.45, 2.75) is 25.9 Å². The zero-order chi connectivity index (χ0) is 10.0. The first-order chi connectivity index (χ1) is 6.77. The first kappa shape index (κ1) is 8.86. The molecule has 1 atom stereocenters. The summed E-state index contributed by atoms with van der Waals surface area (Å²) in [5.41, 5.74) is -0.375. The van der Waals surface area contributed by atoms with Crippen LogP contribution in [-0.4, -0.2) is 29.8 Å². The lowest BCUT2D eigenvalue weighted by Crippen LogP contribution is -2.39. The van der Waals surface area contributed by atoms with Gasteiger partial charge in [-0.25, -0.2) is 9.67 Å². The molecule has 6 nitrogen and oxygen atoms in total. The quantitative estimate of drug-likeness (QED) is 0.710.